The van der Waals surface area contributed by atoms with Crippen LogP contribution in [0.5, 0.6) is 0 Å². The number of nitrogens with one attached hydrogen (secondary N) is 1. The summed E-state index contributed by atoms with van der Waals surface area (Å²) in [4.78, 5) is 0. The highest BCUT2D eigenvalue weighted by Gasteiger charge is 2.16. The highest BCUT2D eigenvalue weighted by atomic mass is 32.2. The van der Waals surface area contributed by atoms with Gasteiger partial charge in [-0.2, -0.15) is 11.8 Å². The van der Waals surface area contributed by atoms with Crippen LogP contribution in [-0.2, 0) is 4.74 Å². The minimum Gasteiger partial charge on any atom is -0.378 e. The summed E-state index contributed by atoms with van der Waals surface area (Å²) in [7, 11) is 0. The fraction of sp³-hybridized carbons (Fsp3) is 1.00. The Morgan fingerprint density at radius 3 is 2.90 bits per heavy atom. The van der Waals surface area contributed by atoms with Crippen LogP contribution in [-0.4, -0.2) is 37.3 Å². The van der Waals surface area contributed by atoms with Gasteiger partial charge in [0.2, 0.25) is 0 Å². The molecule has 0 aliphatic carbocycles. The first-order chi connectivity index (χ1) is 4.93. The molecule has 1 aliphatic rings. The van der Waals surface area contributed by atoms with E-state index >= 15 is 0 Å². The van der Waals surface area contributed by atoms with Crippen LogP contribution in [0.2, 0.25) is 0 Å². The van der Waals surface area contributed by atoms with Crippen LogP contribution in [0, 0.1) is 0 Å². The fourth-order valence-corrected chi connectivity index (χ4v) is 1.38. The van der Waals surface area contributed by atoms with Crippen molar-refractivity contribution < 1.29 is 4.74 Å². The summed E-state index contributed by atoms with van der Waals surface area (Å²) in [6, 6.07) is 0.650. The van der Waals surface area contributed by atoms with Crippen molar-refractivity contribution in [3.8, 4) is 0 Å². The Labute approximate surface area is 66.7 Å². The van der Waals surface area contributed by atoms with Gasteiger partial charge < -0.3 is 10.1 Å². The Hall–Kier alpha value is 0.270. The molecular formula is C7H15NOS. The van der Waals surface area contributed by atoms with Gasteiger partial charge in [0.05, 0.1) is 19.3 Å². The summed E-state index contributed by atoms with van der Waals surface area (Å²) in [5.74, 6) is 2.45. The van der Waals surface area contributed by atoms with Crippen molar-refractivity contribution in [1.29, 1.82) is 0 Å². The van der Waals surface area contributed by atoms with E-state index in [2.05, 4.69) is 12.2 Å². The van der Waals surface area contributed by atoms with E-state index in [-0.39, 0.29) is 0 Å². The Balaban J connectivity index is 1.76. The number of rotatable bonds is 5. The predicted octanol–water partition coefficient (Wildman–Crippen LogP) is 0.728. The van der Waals surface area contributed by atoms with Gasteiger partial charge in [-0.05, 0) is 5.75 Å². The standard InChI is InChI=1S/C7H15NOS/c1-2-10-4-3-8-7-5-9-6-7/h7-8H,2-6H2,1H3. The van der Waals surface area contributed by atoms with Crippen LogP contribution in [0.25, 0.3) is 0 Å². The molecule has 0 aromatic heterocycles. The van der Waals surface area contributed by atoms with Crippen molar-refractivity contribution in [3.05, 3.63) is 0 Å². The van der Waals surface area contributed by atoms with Gasteiger partial charge in [0.1, 0.15) is 0 Å². The molecule has 1 rings (SSSR count). The molecule has 10 heavy (non-hydrogen) atoms. The molecule has 1 fully saturated rings. The third-order valence-corrected chi connectivity index (χ3v) is 2.42. The second-order valence-corrected chi connectivity index (χ2v) is 3.78. The molecule has 0 unspecified atom stereocenters. The van der Waals surface area contributed by atoms with E-state index in [4.69, 9.17) is 4.74 Å². The Morgan fingerprint density at radius 2 is 2.40 bits per heavy atom. The first-order valence-electron chi connectivity index (χ1n) is 3.82. The third kappa shape index (κ3) is 2.90. The van der Waals surface area contributed by atoms with E-state index in [1.54, 1.807) is 0 Å². The third-order valence-electron chi connectivity index (χ3n) is 1.52. The van der Waals surface area contributed by atoms with Crippen molar-refractivity contribution in [1.82, 2.24) is 5.32 Å². The smallest absolute Gasteiger partial charge is 0.0643 e. The van der Waals surface area contributed by atoms with Crippen LogP contribution in [0.4, 0.5) is 0 Å². The highest BCUT2D eigenvalue weighted by molar-refractivity contribution is 7.99. The molecule has 1 saturated heterocycles. The Morgan fingerprint density at radius 1 is 1.60 bits per heavy atom. The van der Waals surface area contributed by atoms with Crippen LogP contribution >= 0.6 is 11.8 Å². The van der Waals surface area contributed by atoms with Gasteiger partial charge in [0.25, 0.3) is 0 Å². The molecule has 1 aliphatic heterocycles. The van der Waals surface area contributed by atoms with Gasteiger partial charge in [0, 0.05) is 12.3 Å². The van der Waals surface area contributed by atoms with Crippen LogP contribution < -0.4 is 5.32 Å². The van der Waals surface area contributed by atoms with E-state index in [9.17, 15) is 0 Å². The number of thioether (sulfide) groups is 1. The molecule has 60 valence electrons. The largest absolute Gasteiger partial charge is 0.378 e. The van der Waals surface area contributed by atoms with Gasteiger partial charge in [0.15, 0.2) is 0 Å². The zero-order valence-electron chi connectivity index (χ0n) is 6.43. The molecule has 0 aromatic rings. The number of hydrogen-bond acceptors (Lipinski definition) is 3. The van der Waals surface area contributed by atoms with Gasteiger partial charge in [-0.15, -0.1) is 0 Å². The van der Waals surface area contributed by atoms with E-state index in [0.29, 0.717) is 6.04 Å². The molecule has 0 radical (unpaired) electrons. The second kappa shape index (κ2) is 4.99. The summed E-state index contributed by atoms with van der Waals surface area (Å²) in [6.07, 6.45) is 0. The molecule has 0 saturated carbocycles. The minimum atomic E-state index is 0.650. The maximum atomic E-state index is 5.02. The maximum Gasteiger partial charge on any atom is 0.0643 e. The second-order valence-electron chi connectivity index (χ2n) is 2.39. The lowest BCUT2D eigenvalue weighted by Crippen LogP contribution is -2.46. The van der Waals surface area contributed by atoms with Crippen molar-refractivity contribution in [2.45, 2.75) is 13.0 Å². The lowest BCUT2D eigenvalue weighted by atomic mass is 10.3. The summed E-state index contributed by atoms with van der Waals surface area (Å²) >= 11 is 1.98. The molecule has 2 nitrogen and oxygen atoms in total. The molecule has 3 heteroatoms. The Bertz CT molecular complexity index is 85.7. The topological polar surface area (TPSA) is 21.3 Å². The SMILES string of the molecule is CCSCCNC1COC1. The van der Waals surface area contributed by atoms with Crippen molar-refractivity contribution >= 4 is 11.8 Å². The van der Waals surface area contributed by atoms with Gasteiger partial charge in [-0.1, -0.05) is 6.92 Å². The molecular weight excluding hydrogens is 146 g/mol. The van der Waals surface area contributed by atoms with E-state index in [1.165, 1.54) is 11.5 Å². The zero-order valence-corrected chi connectivity index (χ0v) is 7.25. The summed E-state index contributed by atoms with van der Waals surface area (Å²) in [5, 5.41) is 3.41. The lowest BCUT2D eigenvalue weighted by molar-refractivity contribution is -0.00406. The van der Waals surface area contributed by atoms with Crippen LogP contribution in [0.1, 0.15) is 6.92 Å². The Kier molecular flexibility index (Phi) is 4.18. The number of hydrogen-bond donors (Lipinski definition) is 1. The van der Waals surface area contributed by atoms with E-state index in [0.717, 1.165) is 19.8 Å². The predicted molar refractivity (Wildman–Crippen MR) is 45.6 cm³/mol. The van der Waals surface area contributed by atoms with Crippen molar-refractivity contribution in [3.63, 3.8) is 0 Å². The molecule has 0 aromatic carbocycles. The van der Waals surface area contributed by atoms with Crippen LogP contribution in [0.3, 0.4) is 0 Å². The normalized spacial score (nSPS) is 18.9. The monoisotopic (exact) mass is 161 g/mol. The van der Waals surface area contributed by atoms with Crippen LogP contribution in [0.15, 0.2) is 0 Å². The summed E-state index contributed by atoms with van der Waals surface area (Å²) < 4.78 is 5.02. The quantitative estimate of drug-likeness (QED) is 0.601. The molecule has 0 spiro atoms. The minimum absolute atomic E-state index is 0.650. The number of ether oxygens (including phenoxy) is 1. The van der Waals surface area contributed by atoms with E-state index in [1.807, 2.05) is 11.8 Å². The van der Waals surface area contributed by atoms with Crippen molar-refractivity contribution in [2.24, 2.45) is 0 Å². The molecule has 0 bridgehead atoms. The van der Waals surface area contributed by atoms with E-state index < -0.39 is 0 Å². The zero-order chi connectivity index (χ0) is 7.23. The summed E-state index contributed by atoms with van der Waals surface area (Å²) in [5.41, 5.74) is 0. The molecule has 1 N–H and O–H groups in total. The molecule has 1 heterocycles. The van der Waals surface area contributed by atoms with Crippen molar-refractivity contribution in [2.75, 3.05) is 31.3 Å². The summed E-state index contributed by atoms with van der Waals surface area (Å²) in [6.45, 7) is 5.15. The van der Waals surface area contributed by atoms with Gasteiger partial charge >= 0.3 is 0 Å². The fourth-order valence-electron chi connectivity index (χ4n) is 0.833. The average molecular weight is 161 g/mol. The lowest BCUT2D eigenvalue weighted by Gasteiger charge is -2.26. The van der Waals surface area contributed by atoms with Gasteiger partial charge in [-0.3, -0.25) is 0 Å². The maximum absolute atomic E-state index is 5.02. The molecule has 0 atom stereocenters. The molecule has 0 amide bonds. The average Bonchev–Trinajstić information content (AvgIpc) is 1.84. The van der Waals surface area contributed by atoms with Gasteiger partial charge in [-0.25, -0.2) is 0 Å². The first kappa shape index (κ1) is 8.37. The first-order valence-corrected chi connectivity index (χ1v) is 4.98. The highest BCUT2D eigenvalue weighted by Crippen LogP contribution is 2.00.